The summed E-state index contributed by atoms with van der Waals surface area (Å²) in [5.41, 5.74) is 1.47. The molecular formula is C9H15N. The van der Waals surface area contributed by atoms with E-state index in [1.165, 1.54) is 25.1 Å². The average molecular weight is 137 g/mol. The van der Waals surface area contributed by atoms with Crippen LogP contribution in [0, 0.1) is 0 Å². The summed E-state index contributed by atoms with van der Waals surface area (Å²) in [6, 6.07) is 0. The summed E-state index contributed by atoms with van der Waals surface area (Å²) in [6.45, 7) is 3.27. The molecule has 1 aliphatic rings. The Kier molecular flexibility index (Phi) is 2.55. The fourth-order valence-corrected chi connectivity index (χ4v) is 1.25. The molecule has 0 atom stereocenters. The lowest BCUT2D eigenvalue weighted by molar-refractivity contribution is 0.481. The normalized spacial score (nSPS) is 23.4. The molecule has 0 spiro atoms. The highest BCUT2D eigenvalue weighted by Gasteiger charge is 2.10. The predicted molar refractivity (Wildman–Crippen MR) is 44.8 cm³/mol. The molecule has 0 radical (unpaired) electrons. The molecule has 1 rings (SSSR count). The van der Waals surface area contributed by atoms with Gasteiger partial charge in [0, 0.05) is 19.3 Å². The fraction of sp³-hybridized carbons (Fsp3) is 0.556. The molecule has 1 heteroatoms. The van der Waals surface area contributed by atoms with Crippen LogP contribution in [0.25, 0.3) is 0 Å². The van der Waals surface area contributed by atoms with Gasteiger partial charge in [0.05, 0.1) is 0 Å². The SMILES string of the molecule is C/C=C\C=C1/CCCN1C. The number of likely N-dealkylation sites (tertiary alicyclic amines) is 1. The van der Waals surface area contributed by atoms with E-state index in [1.54, 1.807) is 0 Å². The minimum atomic E-state index is 1.23. The van der Waals surface area contributed by atoms with Crippen molar-refractivity contribution in [2.45, 2.75) is 19.8 Å². The van der Waals surface area contributed by atoms with Crippen LogP contribution >= 0.6 is 0 Å². The lowest BCUT2D eigenvalue weighted by Crippen LogP contribution is -2.09. The molecule has 0 bridgehead atoms. The van der Waals surface area contributed by atoms with E-state index in [2.05, 4.69) is 30.2 Å². The Morgan fingerprint density at radius 1 is 1.50 bits per heavy atom. The van der Waals surface area contributed by atoms with E-state index in [9.17, 15) is 0 Å². The largest absolute Gasteiger partial charge is 0.378 e. The van der Waals surface area contributed by atoms with Gasteiger partial charge < -0.3 is 4.90 Å². The Morgan fingerprint density at radius 2 is 2.30 bits per heavy atom. The van der Waals surface area contributed by atoms with Crippen LogP contribution in [0.2, 0.25) is 0 Å². The topological polar surface area (TPSA) is 3.24 Å². The van der Waals surface area contributed by atoms with E-state index in [0.29, 0.717) is 0 Å². The molecule has 0 aliphatic carbocycles. The molecule has 56 valence electrons. The van der Waals surface area contributed by atoms with Gasteiger partial charge in [-0.25, -0.2) is 0 Å². The standard InChI is InChI=1S/C9H15N/c1-3-4-6-9-7-5-8-10(9)2/h3-4,6H,5,7-8H2,1-2H3/b4-3-,9-6+. The summed E-state index contributed by atoms with van der Waals surface area (Å²) in [5, 5.41) is 0. The molecule has 1 aliphatic heterocycles. The minimum absolute atomic E-state index is 1.23. The molecule has 1 heterocycles. The van der Waals surface area contributed by atoms with E-state index in [0.717, 1.165) is 0 Å². The van der Waals surface area contributed by atoms with Gasteiger partial charge in [-0.2, -0.15) is 0 Å². The van der Waals surface area contributed by atoms with Crippen LogP contribution < -0.4 is 0 Å². The Labute approximate surface area is 63.0 Å². The monoisotopic (exact) mass is 137 g/mol. The molecule has 1 nitrogen and oxygen atoms in total. The molecular weight excluding hydrogens is 122 g/mol. The van der Waals surface area contributed by atoms with Crippen molar-refractivity contribution in [3.05, 3.63) is 23.9 Å². The minimum Gasteiger partial charge on any atom is -0.378 e. The van der Waals surface area contributed by atoms with Gasteiger partial charge in [-0.1, -0.05) is 12.2 Å². The van der Waals surface area contributed by atoms with E-state index >= 15 is 0 Å². The first kappa shape index (κ1) is 7.39. The quantitative estimate of drug-likeness (QED) is 0.535. The van der Waals surface area contributed by atoms with Crippen molar-refractivity contribution in [2.24, 2.45) is 0 Å². The van der Waals surface area contributed by atoms with Gasteiger partial charge in [0.15, 0.2) is 0 Å². The van der Waals surface area contributed by atoms with Gasteiger partial charge in [0.1, 0.15) is 0 Å². The van der Waals surface area contributed by atoms with Crippen LogP contribution in [0.3, 0.4) is 0 Å². The second kappa shape index (κ2) is 3.45. The Hall–Kier alpha value is -0.720. The maximum absolute atomic E-state index is 2.32. The van der Waals surface area contributed by atoms with Crippen molar-refractivity contribution in [1.29, 1.82) is 0 Å². The number of rotatable bonds is 1. The van der Waals surface area contributed by atoms with Gasteiger partial charge in [-0.15, -0.1) is 0 Å². The zero-order valence-corrected chi connectivity index (χ0v) is 6.80. The van der Waals surface area contributed by atoms with Crippen LogP contribution in [-0.4, -0.2) is 18.5 Å². The summed E-state index contributed by atoms with van der Waals surface area (Å²) in [4.78, 5) is 2.32. The van der Waals surface area contributed by atoms with Gasteiger partial charge >= 0.3 is 0 Å². The lowest BCUT2D eigenvalue weighted by Gasteiger charge is -2.10. The van der Waals surface area contributed by atoms with Crippen LogP contribution in [0.5, 0.6) is 0 Å². The summed E-state index contributed by atoms with van der Waals surface area (Å²) in [7, 11) is 2.16. The smallest absolute Gasteiger partial charge is 0.0175 e. The maximum Gasteiger partial charge on any atom is 0.0175 e. The first-order valence-electron chi connectivity index (χ1n) is 3.87. The Balaban J connectivity index is 2.53. The lowest BCUT2D eigenvalue weighted by atomic mass is 10.3. The van der Waals surface area contributed by atoms with Crippen molar-refractivity contribution in [3.63, 3.8) is 0 Å². The van der Waals surface area contributed by atoms with Gasteiger partial charge in [-0.3, -0.25) is 0 Å². The number of allylic oxidation sites excluding steroid dienone is 4. The van der Waals surface area contributed by atoms with E-state index in [1.807, 2.05) is 6.92 Å². The molecule has 1 saturated heterocycles. The van der Waals surface area contributed by atoms with Crippen molar-refractivity contribution < 1.29 is 0 Å². The van der Waals surface area contributed by atoms with Gasteiger partial charge in [0.25, 0.3) is 0 Å². The van der Waals surface area contributed by atoms with Gasteiger partial charge in [0.2, 0.25) is 0 Å². The number of nitrogens with zero attached hydrogens (tertiary/aromatic N) is 1. The summed E-state index contributed by atoms with van der Waals surface area (Å²) in [6.07, 6.45) is 8.95. The molecule has 0 aromatic carbocycles. The third-order valence-electron chi connectivity index (χ3n) is 1.90. The van der Waals surface area contributed by atoms with Crippen LogP contribution in [-0.2, 0) is 0 Å². The molecule has 0 saturated carbocycles. The molecule has 0 N–H and O–H groups in total. The Bertz CT molecular complexity index is 156. The zero-order chi connectivity index (χ0) is 7.40. The number of hydrogen-bond donors (Lipinski definition) is 0. The predicted octanol–water partition coefficient (Wildman–Crippen LogP) is 2.17. The first-order valence-corrected chi connectivity index (χ1v) is 3.87. The summed E-state index contributed by atoms with van der Waals surface area (Å²) < 4.78 is 0. The van der Waals surface area contributed by atoms with Crippen LogP contribution in [0.1, 0.15) is 19.8 Å². The van der Waals surface area contributed by atoms with Crippen LogP contribution in [0.15, 0.2) is 23.9 Å². The van der Waals surface area contributed by atoms with Crippen LogP contribution in [0.4, 0.5) is 0 Å². The second-order valence-corrected chi connectivity index (χ2v) is 2.71. The second-order valence-electron chi connectivity index (χ2n) is 2.71. The highest BCUT2D eigenvalue weighted by Crippen LogP contribution is 2.17. The summed E-state index contributed by atoms with van der Waals surface area (Å²) in [5.74, 6) is 0. The van der Waals surface area contributed by atoms with E-state index < -0.39 is 0 Å². The zero-order valence-electron chi connectivity index (χ0n) is 6.80. The molecule has 0 aromatic heterocycles. The van der Waals surface area contributed by atoms with E-state index in [-0.39, 0.29) is 0 Å². The van der Waals surface area contributed by atoms with Crippen molar-refractivity contribution in [3.8, 4) is 0 Å². The Morgan fingerprint density at radius 3 is 2.80 bits per heavy atom. The molecule has 10 heavy (non-hydrogen) atoms. The highest BCUT2D eigenvalue weighted by molar-refractivity contribution is 5.13. The van der Waals surface area contributed by atoms with E-state index in [4.69, 9.17) is 0 Å². The van der Waals surface area contributed by atoms with Crippen molar-refractivity contribution >= 4 is 0 Å². The van der Waals surface area contributed by atoms with Crippen molar-refractivity contribution in [2.75, 3.05) is 13.6 Å². The number of hydrogen-bond acceptors (Lipinski definition) is 1. The third-order valence-corrected chi connectivity index (χ3v) is 1.90. The molecule has 1 fully saturated rings. The molecule has 0 aromatic rings. The van der Waals surface area contributed by atoms with Crippen molar-refractivity contribution in [1.82, 2.24) is 4.90 Å². The van der Waals surface area contributed by atoms with Gasteiger partial charge in [-0.05, 0) is 25.8 Å². The average Bonchev–Trinajstić information content (AvgIpc) is 2.31. The molecule has 0 unspecified atom stereocenters. The summed E-state index contributed by atoms with van der Waals surface area (Å²) >= 11 is 0. The fourth-order valence-electron chi connectivity index (χ4n) is 1.25. The maximum atomic E-state index is 2.32. The molecule has 0 amide bonds. The highest BCUT2D eigenvalue weighted by atomic mass is 15.1. The first-order chi connectivity index (χ1) is 4.84. The third kappa shape index (κ3) is 1.63.